The van der Waals surface area contributed by atoms with Crippen molar-refractivity contribution in [1.82, 2.24) is 0 Å². The molecule has 0 radical (unpaired) electrons. The first-order valence-electron chi connectivity index (χ1n) is 6.65. The van der Waals surface area contributed by atoms with Gasteiger partial charge in [-0.1, -0.05) is 39.3 Å². The Morgan fingerprint density at radius 3 is 1.37 bits per heavy atom. The second-order valence-electron chi connectivity index (χ2n) is 6.85. The molecule has 0 aliphatic heterocycles. The Kier molecular flexibility index (Phi) is 7.30. The average Bonchev–Trinajstić information content (AvgIpc) is 2.91. The fraction of sp³-hybridized carbons (Fsp3) is 0.375. The van der Waals surface area contributed by atoms with Crippen LogP contribution in [0.4, 0.5) is 0 Å². The van der Waals surface area contributed by atoms with E-state index < -0.39 is 16.1 Å². The minimum absolute atomic E-state index is 0. The SMILES string of the molecule is C[Si](C)(C)[c-]1[cH-][cH-][cH-][cH-]1.C[Si](C)(C)[c-]1cccc1.[Fe]. The van der Waals surface area contributed by atoms with Gasteiger partial charge in [-0.05, 0) is 0 Å². The number of hydrogen-bond acceptors (Lipinski definition) is 0. The van der Waals surface area contributed by atoms with Gasteiger partial charge in [-0.3, -0.25) is 0 Å². The summed E-state index contributed by atoms with van der Waals surface area (Å²) in [6, 6.07) is 17.4. The molecule has 0 unspecified atom stereocenters. The van der Waals surface area contributed by atoms with Crippen molar-refractivity contribution in [3.8, 4) is 0 Å². The summed E-state index contributed by atoms with van der Waals surface area (Å²) in [5, 5.41) is 3.12. The van der Waals surface area contributed by atoms with Crippen molar-refractivity contribution < 1.29 is 17.1 Å². The topological polar surface area (TPSA) is 0 Å². The van der Waals surface area contributed by atoms with Crippen LogP contribution in [0.3, 0.4) is 0 Å². The summed E-state index contributed by atoms with van der Waals surface area (Å²) in [5.74, 6) is 0. The number of hydrogen-bond donors (Lipinski definition) is 0. The molecule has 0 bridgehead atoms. The average molecular weight is 330 g/mol. The van der Waals surface area contributed by atoms with Gasteiger partial charge in [0.1, 0.15) is 0 Å². The van der Waals surface area contributed by atoms with E-state index in [1.807, 2.05) is 0 Å². The third kappa shape index (κ3) is 6.57. The molecule has 0 amide bonds. The summed E-state index contributed by atoms with van der Waals surface area (Å²) in [6.07, 6.45) is 0. The Labute approximate surface area is 131 Å². The molecule has 0 spiro atoms. The van der Waals surface area contributed by atoms with E-state index in [2.05, 4.69) is 87.8 Å². The van der Waals surface area contributed by atoms with Crippen molar-refractivity contribution in [2.24, 2.45) is 0 Å². The van der Waals surface area contributed by atoms with E-state index in [9.17, 15) is 0 Å². The van der Waals surface area contributed by atoms with Crippen molar-refractivity contribution in [3.05, 3.63) is 48.5 Å². The third-order valence-corrected chi connectivity index (χ3v) is 7.19. The molecule has 0 saturated heterocycles. The molecule has 0 aliphatic carbocycles. The molecule has 0 aromatic heterocycles. The number of rotatable bonds is 2. The summed E-state index contributed by atoms with van der Waals surface area (Å²) in [7, 11) is -1.96. The van der Waals surface area contributed by atoms with Crippen LogP contribution in [0.2, 0.25) is 39.3 Å². The van der Waals surface area contributed by atoms with Gasteiger partial charge < -0.3 is 29.5 Å². The first-order valence-corrected chi connectivity index (χ1v) is 13.7. The Bertz CT molecular complexity index is 384. The van der Waals surface area contributed by atoms with E-state index >= 15 is 0 Å². The first-order chi connectivity index (χ1) is 8.21. The normalized spacial score (nSPS) is 11.3. The smallest absolute Gasteiger partial charge is 0.0147 e. The van der Waals surface area contributed by atoms with Gasteiger partial charge in [-0.2, -0.15) is 17.3 Å². The zero-order valence-electron chi connectivity index (χ0n) is 13.0. The summed E-state index contributed by atoms with van der Waals surface area (Å²) in [5.41, 5.74) is 0. The molecule has 0 atom stereocenters. The van der Waals surface area contributed by atoms with Crippen LogP contribution in [0.15, 0.2) is 48.5 Å². The summed E-state index contributed by atoms with van der Waals surface area (Å²) in [6.45, 7) is 14.2. The summed E-state index contributed by atoms with van der Waals surface area (Å²) >= 11 is 0. The molecule has 0 heterocycles. The van der Waals surface area contributed by atoms with Gasteiger partial charge in [-0.25, -0.2) is 12.1 Å². The molecule has 3 heteroatoms. The Hall–Kier alpha value is -0.347. The van der Waals surface area contributed by atoms with Gasteiger partial charge in [0.05, 0.1) is 0 Å². The largest absolute Gasteiger partial charge is 0.748 e. The van der Waals surface area contributed by atoms with Crippen molar-refractivity contribution in [2.75, 3.05) is 0 Å². The van der Waals surface area contributed by atoms with Crippen LogP contribution in [0.25, 0.3) is 0 Å². The summed E-state index contributed by atoms with van der Waals surface area (Å²) < 4.78 is 0. The molecule has 2 rings (SSSR count). The zero-order chi connectivity index (χ0) is 13.8. The van der Waals surface area contributed by atoms with E-state index in [1.165, 1.54) is 0 Å². The molecule has 19 heavy (non-hydrogen) atoms. The van der Waals surface area contributed by atoms with Crippen LogP contribution in [0, 0.1) is 0 Å². The molecule has 0 nitrogen and oxygen atoms in total. The Morgan fingerprint density at radius 2 is 1.16 bits per heavy atom. The van der Waals surface area contributed by atoms with Crippen LogP contribution in [0.5, 0.6) is 0 Å². The quantitative estimate of drug-likeness (QED) is 0.579. The fourth-order valence-electron chi connectivity index (χ4n) is 1.75. The molecule has 2 aromatic rings. The predicted octanol–water partition coefficient (Wildman–Crippen LogP) is 3.90. The van der Waals surface area contributed by atoms with Gasteiger partial charge in [0.2, 0.25) is 0 Å². The van der Waals surface area contributed by atoms with Gasteiger partial charge in [0, 0.05) is 25.1 Å². The van der Waals surface area contributed by atoms with Gasteiger partial charge in [0.15, 0.2) is 0 Å². The standard InChI is InChI=1S/2C8H13Si.Fe/c2*1-9(2,3)8-6-4-5-7-8;/h2*4-7H,1-3H3;/q-5;-1;. The van der Waals surface area contributed by atoms with Crippen molar-refractivity contribution in [2.45, 2.75) is 39.3 Å². The third-order valence-electron chi connectivity index (χ3n) is 3.06. The molecule has 2 aromatic carbocycles. The van der Waals surface area contributed by atoms with Crippen LogP contribution in [0.1, 0.15) is 0 Å². The van der Waals surface area contributed by atoms with Crippen LogP contribution in [-0.4, -0.2) is 16.1 Å². The molecule has 112 valence electrons. The van der Waals surface area contributed by atoms with E-state index in [1.54, 1.807) is 10.4 Å². The minimum atomic E-state index is -0.981. The second kappa shape index (κ2) is 7.44. The summed E-state index contributed by atoms with van der Waals surface area (Å²) in [4.78, 5) is 0. The maximum absolute atomic E-state index is 2.36. The van der Waals surface area contributed by atoms with Crippen molar-refractivity contribution in [3.63, 3.8) is 0 Å². The molecule has 0 fully saturated rings. The van der Waals surface area contributed by atoms with E-state index in [4.69, 9.17) is 0 Å². The van der Waals surface area contributed by atoms with Gasteiger partial charge in [-0.15, -0.1) is 8.07 Å². The zero-order valence-corrected chi connectivity index (χ0v) is 16.1. The molecular weight excluding hydrogens is 304 g/mol. The Morgan fingerprint density at radius 1 is 0.737 bits per heavy atom. The van der Waals surface area contributed by atoms with Gasteiger partial charge >= 0.3 is 0 Å². The van der Waals surface area contributed by atoms with Gasteiger partial charge in [0.25, 0.3) is 0 Å². The minimum Gasteiger partial charge on any atom is -0.748 e. The van der Waals surface area contributed by atoms with Crippen LogP contribution >= 0.6 is 0 Å². The molecule has 0 saturated carbocycles. The Balaban J connectivity index is 0.000000324. The predicted molar refractivity (Wildman–Crippen MR) is 90.0 cm³/mol. The second-order valence-corrected chi connectivity index (χ2v) is 17.0. The van der Waals surface area contributed by atoms with Crippen molar-refractivity contribution >= 4 is 26.5 Å². The fourth-order valence-corrected chi connectivity index (χ4v) is 4.13. The first kappa shape index (κ1) is 18.7. The van der Waals surface area contributed by atoms with Crippen LogP contribution in [-0.2, 0) is 17.1 Å². The van der Waals surface area contributed by atoms with Crippen LogP contribution < -0.4 is 10.4 Å². The molecule has 0 N–H and O–H groups in total. The van der Waals surface area contributed by atoms with Crippen molar-refractivity contribution in [1.29, 1.82) is 0 Å². The van der Waals surface area contributed by atoms with E-state index in [-0.39, 0.29) is 17.1 Å². The molecule has 0 aliphatic rings. The maximum atomic E-state index is 2.36. The van der Waals surface area contributed by atoms with E-state index in [0.717, 1.165) is 0 Å². The monoisotopic (exact) mass is 330 g/mol. The molecular formula is C16H26FeSi2-6. The van der Waals surface area contributed by atoms with E-state index in [0.29, 0.717) is 0 Å². The maximum Gasteiger partial charge on any atom is 0.0147 e.